The van der Waals surface area contributed by atoms with Gasteiger partial charge in [0.15, 0.2) is 0 Å². The summed E-state index contributed by atoms with van der Waals surface area (Å²) in [6, 6.07) is 0. The number of hydrogen-bond donors (Lipinski definition) is 0. The standard InChI is InChI=1S/C14H32ClP/c1-5-9-13-16(15,11-7-3,12-8-4)14-10-6-2/h5-14H2,1-4H3. The molecule has 0 aromatic carbocycles. The normalized spacial score (nSPS) is 14.7. The van der Waals surface area contributed by atoms with Gasteiger partial charge in [0.1, 0.15) is 0 Å². The van der Waals surface area contributed by atoms with E-state index in [2.05, 4.69) is 27.7 Å². The molecule has 0 aromatic rings. The Bertz CT molecular complexity index is 162. The van der Waals surface area contributed by atoms with Crippen LogP contribution in [0.15, 0.2) is 0 Å². The van der Waals surface area contributed by atoms with Gasteiger partial charge in [-0.15, -0.1) is 0 Å². The van der Waals surface area contributed by atoms with E-state index in [4.69, 9.17) is 11.2 Å². The van der Waals surface area contributed by atoms with Crippen molar-refractivity contribution in [2.75, 3.05) is 24.6 Å². The number of rotatable bonds is 10. The molecule has 0 bridgehead atoms. The molecule has 2 heteroatoms. The predicted molar refractivity (Wildman–Crippen MR) is 82.6 cm³/mol. The average molecular weight is 267 g/mol. The van der Waals surface area contributed by atoms with Crippen molar-refractivity contribution in [3.8, 4) is 0 Å². The van der Waals surface area contributed by atoms with Crippen LogP contribution in [0.3, 0.4) is 0 Å². The molecule has 0 atom stereocenters. The summed E-state index contributed by atoms with van der Waals surface area (Å²) in [5, 5.41) is 0. The van der Waals surface area contributed by atoms with E-state index in [1.165, 1.54) is 63.2 Å². The third-order valence-corrected chi connectivity index (χ3v) is 11.7. The zero-order valence-electron chi connectivity index (χ0n) is 11.9. The molecule has 100 valence electrons. The second-order valence-electron chi connectivity index (χ2n) is 5.42. The molecule has 0 aliphatic rings. The minimum atomic E-state index is -1.84. The van der Waals surface area contributed by atoms with Gasteiger partial charge in [-0.05, 0) is 0 Å². The van der Waals surface area contributed by atoms with Crippen molar-refractivity contribution in [1.82, 2.24) is 0 Å². The Morgan fingerprint density at radius 1 is 0.625 bits per heavy atom. The van der Waals surface area contributed by atoms with Crippen LogP contribution >= 0.6 is 17.2 Å². The molecule has 0 N–H and O–H groups in total. The number of unbranched alkanes of at least 4 members (excludes halogenated alkanes) is 2. The summed E-state index contributed by atoms with van der Waals surface area (Å²) in [5.41, 5.74) is 0. The summed E-state index contributed by atoms with van der Waals surface area (Å²) in [5.74, 6) is -1.84. The molecule has 0 spiro atoms. The van der Waals surface area contributed by atoms with E-state index in [1.54, 1.807) is 0 Å². The first-order chi connectivity index (χ1) is 7.54. The first kappa shape index (κ1) is 16.7. The van der Waals surface area contributed by atoms with Crippen molar-refractivity contribution in [3.05, 3.63) is 0 Å². The molecule has 0 radical (unpaired) electrons. The molecule has 0 aliphatic heterocycles. The Hall–Kier alpha value is 0.720. The molecule has 16 heavy (non-hydrogen) atoms. The Kier molecular flexibility index (Phi) is 8.29. The van der Waals surface area contributed by atoms with E-state index < -0.39 is 5.96 Å². The number of halogens is 1. The molecule has 0 fully saturated rings. The van der Waals surface area contributed by atoms with Crippen molar-refractivity contribution >= 4 is 17.2 Å². The van der Waals surface area contributed by atoms with Crippen LogP contribution in [0.1, 0.15) is 66.2 Å². The molecule has 0 amide bonds. The summed E-state index contributed by atoms with van der Waals surface area (Å²) in [4.78, 5) is 0. The van der Waals surface area contributed by atoms with Crippen LogP contribution in [0.25, 0.3) is 0 Å². The Balaban J connectivity index is 4.71. The van der Waals surface area contributed by atoms with Crippen LogP contribution in [0, 0.1) is 0 Å². The summed E-state index contributed by atoms with van der Waals surface area (Å²) in [6.07, 6.45) is 13.1. The zero-order chi connectivity index (χ0) is 12.5. The summed E-state index contributed by atoms with van der Waals surface area (Å²) >= 11 is 7.29. The van der Waals surface area contributed by atoms with Gasteiger partial charge >= 0.3 is 108 Å². The van der Waals surface area contributed by atoms with Gasteiger partial charge in [0, 0.05) is 0 Å². The Labute approximate surface area is 108 Å². The fraction of sp³-hybridized carbons (Fsp3) is 1.00. The Morgan fingerprint density at radius 2 is 1.00 bits per heavy atom. The molecule has 0 aliphatic carbocycles. The van der Waals surface area contributed by atoms with Crippen molar-refractivity contribution in [2.45, 2.75) is 66.2 Å². The third-order valence-electron chi connectivity index (χ3n) is 3.71. The van der Waals surface area contributed by atoms with Gasteiger partial charge in [0.25, 0.3) is 0 Å². The predicted octanol–water partition coefficient (Wildman–Crippen LogP) is 6.11. The first-order valence-electron chi connectivity index (χ1n) is 7.26. The Morgan fingerprint density at radius 3 is 1.25 bits per heavy atom. The molecule has 0 saturated heterocycles. The fourth-order valence-corrected chi connectivity index (χ4v) is 10.4. The molecule has 0 nitrogen and oxygen atoms in total. The molecular formula is C14H32ClP. The van der Waals surface area contributed by atoms with Gasteiger partial charge in [0.05, 0.1) is 0 Å². The summed E-state index contributed by atoms with van der Waals surface area (Å²) in [6.45, 7) is 9.18. The zero-order valence-corrected chi connectivity index (χ0v) is 13.5. The van der Waals surface area contributed by atoms with E-state index >= 15 is 0 Å². The first-order valence-corrected chi connectivity index (χ1v) is 11.1. The van der Waals surface area contributed by atoms with Crippen LogP contribution in [-0.4, -0.2) is 24.6 Å². The SMILES string of the molecule is CCCCP(Cl)(CCC)(CCC)CCCC. The third kappa shape index (κ3) is 5.37. The molecule has 0 heterocycles. The monoisotopic (exact) mass is 266 g/mol. The van der Waals surface area contributed by atoms with Crippen LogP contribution in [0.5, 0.6) is 0 Å². The van der Waals surface area contributed by atoms with Gasteiger partial charge in [-0.2, -0.15) is 0 Å². The van der Waals surface area contributed by atoms with Crippen molar-refractivity contribution < 1.29 is 0 Å². The molecule has 0 rings (SSSR count). The van der Waals surface area contributed by atoms with Crippen LogP contribution in [0.2, 0.25) is 0 Å². The topological polar surface area (TPSA) is 0 Å². The van der Waals surface area contributed by atoms with Gasteiger partial charge in [-0.1, -0.05) is 0 Å². The fourth-order valence-electron chi connectivity index (χ4n) is 2.90. The quantitative estimate of drug-likeness (QED) is 0.418. The van der Waals surface area contributed by atoms with Gasteiger partial charge < -0.3 is 0 Å². The summed E-state index contributed by atoms with van der Waals surface area (Å²) in [7, 11) is 0. The van der Waals surface area contributed by atoms with Crippen molar-refractivity contribution in [2.24, 2.45) is 0 Å². The van der Waals surface area contributed by atoms with Crippen molar-refractivity contribution in [3.63, 3.8) is 0 Å². The van der Waals surface area contributed by atoms with Crippen molar-refractivity contribution in [1.29, 1.82) is 0 Å². The van der Waals surface area contributed by atoms with E-state index in [0.29, 0.717) is 0 Å². The van der Waals surface area contributed by atoms with Crippen LogP contribution < -0.4 is 0 Å². The van der Waals surface area contributed by atoms with E-state index in [1.807, 2.05) is 0 Å². The maximum absolute atomic E-state index is 7.29. The molecule has 0 aromatic heterocycles. The molecule has 0 saturated carbocycles. The van der Waals surface area contributed by atoms with Gasteiger partial charge in [-0.25, -0.2) is 0 Å². The van der Waals surface area contributed by atoms with Gasteiger partial charge in [-0.3, -0.25) is 0 Å². The van der Waals surface area contributed by atoms with E-state index in [0.717, 1.165) is 0 Å². The second kappa shape index (κ2) is 7.93. The maximum atomic E-state index is 7.29. The summed E-state index contributed by atoms with van der Waals surface area (Å²) < 4.78 is 0. The van der Waals surface area contributed by atoms with Crippen LogP contribution in [-0.2, 0) is 0 Å². The number of hydrogen-bond acceptors (Lipinski definition) is 0. The van der Waals surface area contributed by atoms with E-state index in [-0.39, 0.29) is 0 Å². The molecular weight excluding hydrogens is 235 g/mol. The van der Waals surface area contributed by atoms with Crippen LogP contribution in [0.4, 0.5) is 0 Å². The second-order valence-corrected chi connectivity index (χ2v) is 13.7. The minimum absolute atomic E-state index is 1.27. The average Bonchev–Trinajstić information content (AvgIpc) is 2.25. The molecule has 0 unspecified atom stereocenters. The van der Waals surface area contributed by atoms with E-state index in [9.17, 15) is 0 Å². The van der Waals surface area contributed by atoms with Gasteiger partial charge in [0.2, 0.25) is 0 Å².